The van der Waals surface area contributed by atoms with Gasteiger partial charge < -0.3 is 0 Å². The van der Waals surface area contributed by atoms with Crippen molar-refractivity contribution in [2.75, 3.05) is 0 Å². The van der Waals surface area contributed by atoms with E-state index in [0.717, 1.165) is 12.8 Å². The van der Waals surface area contributed by atoms with Crippen LogP contribution in [0.2, 0.25) is 0 Å². The molecule has 0 saturated carbocycles. The average Bonchev–Trinajstić information content (AvgIpc) is 2.23. The molecule has 14 heavy (non-hydrogen) atoms. The van der Waals surface area contributed by atoms with Crippen LogP contribution in [0.1, 0.15) is 12.0 Å². The fraction of sp³-hybridized carbons (Fsp3) is 0.231. The van der Waals surface area contributed by atoms with Crippen LogP contribution in [-0.4, -0.2) is 5.38 Å². The summed E-state index contributed by atoms with van der Waals surface area (Å²) < 4.78 is 0. The first kappa shape index (κ1) is 9.54. The lowest BCUT2D eigenvalue weighted by Crippen LogP contribution is -2.07. The van der Waals surface area contributed by atoms with Gasteiger partial charge in [-0.3, -0.25) is 0 Å². The quantitative estimate of drug-likeness (QED) is 0.645. The number of hydrogen-bond acceptors (Lipinski definition) is 0. The van der Waals surface area contributed by atoms with Crippen molar-refractivity contribution in [3.05, 3.63) is 59.7 Å². The molecular formula is C13H13Cl. The average molecular weight is 205 g/mol. The Bertz CT molecular complexity index is 349. The van der Waals surface area contributed by atoms with Crippen molar-refractivity contribution < 1.29 is 0 Å². The van der Waals surface area contributed by atoms with E-state index in [-0.39, 0.29) is 5.38 Å². The summed E-state index contributed by atoms with van der Waals surface area (Å²) in [4.78, 5) is 0. The Balaban J connectivity index is 2.11. The number of allylic oxidation sites excluding steroid dienone is 4. The molecule has 0 N–H and O–H groups in total. The zero-order chi connectivity index (χ0) is 9.80. The minimum atomic E-state index is 0.181. The smallest absolute Gasteiger partial charge is 0.0586 e. The molecule has 0 bridgehead atoms. The molecule has 1 unspecified atom stereocenters. The van der Waals surface area contributed by atoms with Crippen LogP contribution < -0.4 is 0 Å². The third-order valence-corrected chi connectivity index (χ3v) is 2.90. The van der Waals surface area contributed by atoms with Crippen LogP contribution in [0.15, 0.2) is 54.1 Å². The Morgan fingerprint density at radius 3 is 2.71 bits per heavy atom. The maximum atomic E-state index is 6.21. The van der Waals surface area contributed by atoms with Gasteiger partial charge in [-0.15, -0.1) is 11.6 Å². The van der Waals surface area contributed by atoms with E-state index in [1.807, 2.05) is 6.07 Å². The zero-order valence-electron chi connectivity index (χ0n) is 7.99. The molecule has 0 spiro atoms. The lowest BCUT2D eigenvalue weighted by Gasteiger charge is -2.15. The van der Waals surface area contributed by atoms with Gasteiger partial charge in [-0.2, -0.15) is 0 Å². The molecular weight excluding hydrogens is 192 g/mol. The standard InChI is InChI=1S/C13H13Cl/c14-13-9-5-4-8-12(13)10-11-6-2-1-3-7-11/h1-8,13H,9-10H2. The molecule has 0 nitrogen and oxygen atoms in total. The highest BCUT2D eigenvalue weighted by atomic mass is 35.5. The monoisotopic (exact) mass is 204 g/mol. The van der Waals surface area contributed by atoms with Gasteiger partial charge in [0.2, 0.25) is 0 Å². The van der Waals surface area contributed by atoms with Crippen molar-refractivity contribution in [3.63, 3.8) is 0 Å². The molecule has 1 aliphatic carbocycles. The molecule has 0 saturated heterocycles. The molecule has 0 aromatic heterocycles. The Hall–Kier alpha value is -1.01. The van der Waals surface area contributed by atoms with Gasteiger partial charge in [0.05, 0.1) is 5.38 Å². The lowest BCUT2D eigenvalue weighted by molar-refractivity contribution is 0.919. The first-order valence-electron chi connectivity index (χ1n) is 4.90. The van der Waals surface area contributed by atoms with Crippen molar-refractivity contribution in [2.24, 2.45) is 0 Å². The highest BCUT2D eigenvalue weighted by Crippen LogP contribution is 2.22. The minimum absolute atomic E-state index is 0.181. The molecule has 1 heteroatoms. The van der Waals surface area contributed by atoms with Gasteiger partial charge in [-0.05, 0) is 24.0 Å². The van der Waals surface area contributed by atoms with Gasteiger partial charge in [-0.1, -0.05) is 48.6 Å². The topological polar surface area (TPSA) is 0 Å². The van der Waals surface area contributed by atoms with Crippen LogP contribution in [0, 0.1) is 0 Å². The highest BCUT2D eigenvalue weighted by molar-refractivity contribution is 6.22. The summed E-state index contributed by atoms with van der Waals surface area (Å²) in [5.41, 5.74) is 2.65. The SMILES string of the molecule is ClC1CC=CC=C1Cc1ccccc1. The van der Waals surface area contributed by atoms with Crippen LogP contribution in [-0.2, 0) is 6.42 Å². The molecule has 1 aromatic rings. The van der Waals surface area contributed by atoms with Crippen LogP contribution in [0.25, 0.3) is 0 Å². The summed E-state index contributed by atoms with van der Waals surface area (Å²) in [6, 6.07) is 10.5. The van der Waals surface area contributed by atoms with Crippen molar-refractivity contribution in [2.45, 2.75) is 18.2 Å². The largest absolute Gasteiger partial charge is 0.118 e. The molecule has 0 radical (unpaired) electrons. The van der Waals surface area contributed by atoms with Crippen LogP contribution in [0.3, 0.4) is 0 Å². The Kier molecular flexibility index (Phi) is 3.05. The second kappa shape index (κ2) is 4.47. The second-order valence-corrected chi connectivity index (χ2v) is 4.06. The Morgan fingerprint density at radius 2 is 2.00 bits per heavy atom. The molecule has 1 atom stereocenters. The lowest BCUT2D eigenvalue weighted by atomic mass is 9.97. The third kappa shape index (κ3) is 2.27. The van der Waals surface area contributed by atoms with Crippen molar-refractivity contribution in [3.8, 4) is 0 Å². The third-order valence-electron chi connectivity index (χ3n) is 2.44. The second-order valence-electron chi connectivity index (χ2n) is 3.54. The van der Waals surface area contributed by atoms with Gasteiger partial charge in [0.15, 0.2) is 0 Å². The molecule has 1 aliphatic rings. The Morgan fingerprint density at radius 1 is 1.21 bits per heavy atom. The van der Waals surface area contributed by atoms with Gasteiger partial charge >= 0.3 is 0 Å². The van der Waals surface area contributed by atoms with E-state index in [1.165, 1.54) is 11.1 Å². The first-order chi connectivity index (χ1) is 6.86. The van der Waals surface area contributed by atoms with Crippen LogP contribution >= 0.6 is 11.6 Å². The minimum Gasteiger partial charge on any atom is -0.118 e. The number of benzene rings is 1. The predicted molar refractivity (Wildman–Crippen MR) is 61.6 cm³/mol. The fourth-order valence-corrected chi connectivity index (χ4v) is 1.90. The molecule has 0 fully saturated rings. The molecule has 0 amide bonds. The fourth-order valence-electron chi connectivity index (χ4n) is 1.65. The normalized spacial score (nSPS) is 20.6. The molecule has 1 aromatic carbocycles. The van der Waals surface area contributed by atoms with E-state index in [4.69, 9.17) is 11.6 Å². The van der Waals surface area contributed by atoms with Gasteiger partial charge in [0.25, 0.3) is 0 Å². The molecule has 2 rings (SSSR count). The first-order valence-corrected chi connectivity index (χ1v) is 5.33. The van der Waals surface area contributed by atoms with Crippen molar-refractivity contribution in [1.82, 2.24) is 0 Å². The number of rotatable bonds is 2. The number of halogens is 1. The maximum absolute atomic E-state index is 6.21. The summed E-state index contributed by atoms with van der Waals surface area (Å²) in [5.74, 6) is 0. The van der Waals surface area contributed by atoms with E-state index in [0.29, 0.717) is 0 Å². The van der Waals surface area contributed by atoms with Gasteiger partial charge in [0.1, 0.15) is 0 Å². The van der Waals surface area contributed by atoms with Gasteiger partial charge in [-0.25, -0.2) is 0 Å². The van der Waals surface area contributed by atoms with Crippen LogP contribution in [0.5, 0.6) is 0 Å². The predicted octanol–water partition coefficient (Wildman–Crippen LogP) is 3.72. The molecule has 0 heterocycles. The van der Waals surface area contributed by atoms with Gasteiger partial charge in [0, 0.05) is 0 Å². The van der Waals surface area contributed by atoms with E-state index in [2.05, 4.69) is 42.5 Å². The van der Waals surface area contributed by atoms with Crippen molar-refractivity contribution in [1.29, 1.82) is 0 Å². The van der Waals surface area contributed by atoms with Crippen molar-refractivity contribution >= 4 is 11.6 Å². The van der Waals surface area contributed by atoms with Crippen LogP contribution in [0.4, 0.5) is 0 Å². The van der Waals surface area contributed by atoms with E-state index in [9.17, 15) is 0 Å². The summed E-state index contributed by atoms with van der Waals surface area (Å²) in [5, 5.41) is 0.181. The summed E-state index contributed by atoms with van der Waals surface area (Å²) in [6.45, 7) is 0. The maximum Gasteiger partial charge on any atom is 0.0586 e. The number of alkyl halides is 1. The van der Waals surface area contributed by atoms with E-state index < -0.39 is 0 Å². The molecule has 0 aliphatic heterocycles. The molecule has 72 valence electrons. The summed E-state index contributed by atoms with van der Waals surface area (Å²) >= 11 is 6.21. The Labute approximate surface area is 89.9 Å². The zero-order valence-corrected chi connectivity index (χ0v) is 8.74. The summed E-state index contributed by atoms with van der Waals surface area (Å²) in [6.07, 6.45) is 8.27. The summed E-state index contributed by atoms with van der Waals surface area (Å²) in [7, 11) is 0. The van der Waals surface area contributed by atoms with E-state index >= 15 is 0 Å². The van der Waals surface area contributed by atoms with E-state index in [1.54, 1.807) is 0 Å². The number of hydrogen-bond donors (Lipinski definition) is 0. The highest BCUT2D eigenvalue weighted by Gasteiger charge is 2.11.